The molecule has 0 aliphatic heterocycles. The van der Waals surface area contributed by atoms with Crippen LogP contribution >= 0.6 is 0 Å². The molecule has 2 aromatic rings. The van der Waals surface area contributed by atoms with Gasteiger partial charge in [-0.1, -0.05) is 26.0 Å². The van der Waals surface area contributed by atoms with Crippen LogP contribution < -0.4 is 16.6 Å². The summed E-state index contributed by atoms with van der Waals surface area (Å²) in [5.41, 5.74) is 4.92. The van der Waals surface area contributed by atoms with Crippen molar-refractivity contribution in [1.82, 2.24) is 4.98 Å². The third kappa shape index (κ3) is 3.33. The monoisotopic (exact) mass is 270 g/mol. The fourth-order valence-electron chi connectivity index (χ4n) is 1.81. The maximum absolute atomic E-state index is 12.1. The second kappa shape index (κ2) is 6.16. The molecule has 20 heavy (non-hydrogen) atoms. The lowest BCUT2D eigenvalue weighted by atomic mass is 10.0. The van der Waals surface area contributed by atoms with E-state index in [4.69, 9.17) is 5.84 Å². The third-order valence-corrected chi connectivity index (χ3v) is 3.01. The van der Waals surface area contributed by atoms with E-state index in [2.05, 4.69) is 29.6 Å². The number of nitrogens with one attached hydrogen (secondary N) is 2. The van der Waals surface area contributed by atoms with Crippen LogP contribution in [0.25, 0.3) is 0 Å². The lowest BCUT2D eigenvalue weighted by molar-refractivity contribution is 0.102. The van der Waals surface area contributed by atoms with E-state index in [1.165, 1.54) is 11.8 Å². The minimum absolute atomic E-state index is 0.193. The largest absolute Gasteiger partial charge is 0.322 e. The van der Waals surface area contributed by atoms with Crippen LogP contribution in [0.1, 0.15) is 35.7 Å². The Bertz CT molecular complexity index is 593. The summed E-state index contributed by atoms with van der Waals surface area (Å²) < 4.78 is 0. The first kappa shape index (κ1) is 14.0. The third-order valence-electron chi connectivity index (χ3n) is 3.01. The van der Waals surface area contributed by atoms with Gasteiger partial charge in [0, 0.05) is 17.4 Å². The molecule has 104 valence electrons. The minimum Gasteiger partial charge on any atom is -0.322 e. The minimum atomic E-state index is -0.193. The van der Waals surface area contributed by atoms with Crippen molar-refractivity contribution in [3.8, 4) is 0 Å². The Morgan fingerprint density at radius 1 is 1.20 bits per heavy atom. The van der Waals surface area contributed by atoms with Crippen LogP contribution in [-0.4, -0.2) is 10.9 Å². The van der Waals surface area contributed by atoms with Gasteiger partial charge in [0.1, 0.15) is 5.82 Å². The van der Waals surface area contributed by atoms with Gasteiger partial charge < -0.3 is 10.7 Å². The number of benzene rings is 1. The van der Waals surface area contributed by atoms with Crippen LogP contribution in [0.4, 0.5) is 11.5 Å². The highest BCUT2D eigenvalue weighted by Crippen LogP contribution is 2.18. The fourth-order valence-corrected chi connectivity index (χ4v) is 1.81. The second-order valence-electron chi connectivity index (χ2n) is 4.80. The number of rotatable bonds is 4. The van der Waals surface area contributed by atoms with Gasteiger partial charge in [0.25, 0.3) is 5.91 Å². The number of carbonyl (C=O) groups is 1. The highest BCUT2D eigenvalue weighted by Gasteiger charge is 2.07. The zero-order valence-electron chi connectivity index (χ0n) is 11.6. The van der Waals surface area contributed by atoms with E-state index in [1.54, 1.807) is 12.1 Å². The van der Waals surface area contributed by atoms with Gasteiger partial charge >= 0.3 is 0 Å². The zero-order chi connectivity index (χ0) is 14.5. The SMILES string of the molecule is CC(C)c1ccc(NC(=O)c2ccnc(NN)c2)cc1. The number of aromatic nitrogens is 1. The number of carbonyl (C=O) groups excluding carboxylic acids is 1. The first-order chi connectivity index (χ1) is 9.60. The van der Waals surface area contributed by atoms with E-state index in [9.17, 15) is 4.79 Å². The van der Waals surface area contributed by atoms with Gasteiger partial charge in [-0.2, -0.15) is 0 Å². The van der Waals surface area contributed by atoms with Crippen molar-refractivity contribution in [1.29, 1.82) is 0 Å². The molecule has 1 amide bonds. The predicted molar refractivity (Wildman–Crippen MR) is 80.5 cm³/mol. The smallest absolute Gasteiger partial charge is 0.255 e. The van der Waals surface area contributed by atoms with Gasteiger partial charge in [0.15, 0.2) is 0 Å². The number of anilines is 2. The van der Waals surface area contributed by atoms with Crippen LogP contribution in [0.15, 0.2) is 42.6 Å². The Hall–Kier alpha value is -2.40. The maximum atomic E-state index is 12.1. The molecule has 0 aliphatic carbocycles. The van der Waals surface area contributed by atoms with Gasteiger partial charge in [-0.3, -0.25) is 4.79 Å². The number of pyridine rings is 1. The van der Waals surface area contributed by atoms with Gasteiger partial charge in [-0.15, -0.1) is 0 Å². The van der Waals surface area contributed by atoms with E-state index in [0.29, 0.717) is 17.3 Å². The van der Waals surface area contributed by atoms with E-state index in [0.717, 1.165) is 5.69 Å². The van der Waals surface area contributed by atoms with Gasteiger partial charge in [-0.25, -0.2) is 10.8 Å². The second-order valence-corrected chi connectivity index (χ2v) is 4.80. The van der Waals surface area contributed by atoms with Crippen LogP contribution in [0, 0.1) is 0 Å². The summed E-state index contributed by atoms with van der Waals surface area (Å²) in [5, 5.41) is 2.84. The average molecular weight is 270 g/mol. The Kier molecular flexibility index (Phi) is 4.32. The molecule has 0 fully saturated rings. The van der Waals surface area contributed by atoms with Crippen molar-refractivity contribution in [3.05, 3.63) is 53.7 Å². The van der Waals surface area contributed by atoms with Crippen molar-refractivity contribution in [2.24, 2.45) is 5.84 Å². The molecule has 5 nitrogen and oxygen atoms in total. The molecule has 0 bridgehead atoms. The van der Waals surface area contributed by atoms with E-state index < -0.39 is 0 Å². The van der Waals surface area contributed by atoms with Crippen molar-refractivity contribution >= 4 is 17.4 Å². The molecule has 1 aromatic carbocycles. The van der Waals surface area contributed by atoms with E-state index >= 15 is 0 Å². The molecule has 4 N–H and O–H groups in total. The van der Waals surface area contributed by atoms with Crippen molar-refractivity contribution in [2.75, 3.05) is 10.7 Å². The number of hydrazine groups is 1. The van der Waals surface area contributed by atoms with Crippen LogP contribution in [0.3, 0.4) is 0 Å². The Balaban J connectivity index is 2.10. The molecular formula is C15H18N4O. The molecule has 1 heterocycles. The highest BCUT2D eigenvalue weighted by molar-refractivity contribution is 6.04. The molecule has 0 unspecified atom stereocenters. The number of nitrogens with two attached hydrogens (primary N) is 1. The molecule has 1 aromatic heterocycles. The lowest BCUT2D eigenvalue weighted by Gasteiger charge is -2.09. The number of hydrogen-bond acceptors (Lipinski definition) is 4. The van der Waals surface area contributed by atoms with Crippen LogP contribution in [-0.2, 0) is 0 Å². The predicted octanol–water partition coefficient (Wildman–Crippen LogP) is 2.74. The standard InChI is InChI=1S/C15H18N4O/c1-10(2)11-3-5-13(6-4-11)18-15(20)12-7-8-17-14(9-12)19-16/h3-10H,16H2,1-2H3,(H,17,19)(H,18,20). The van der Waals surface area contributed by atoms with Crippen LogP contribution in [0.5, 0.6) is 0 Å². The molecule has 0 radical (unpaired) electrons. The number of amides is 1. The summed E-state index contributed by atoms with van der Waals surface area (Å²) in [4.78, 5) is 16.1. The summed E-state index contributed by atoms with van der Waals surface area (Å²) in [6, 6.07) is 11.1. The van der Waals surface area contributed by atoms with Crippen molar-refractivity contribution < 1.29 is 4.79 Å². The summed E-state index contributed by atoms with van der Waals surface area (Å²) in [6.07, 6.45) is 1.53. The number of nitrogens with zero attached hydrogens (tertiary/aromatic N) is 1. The zero-order valence-corrected chi connectivity index (χ0v) is 11.6. The van der Waals surface area contributed by atoms with Crippen molar-refractivity contribution in [2.45, 2.75) is 19.8 Å². The van der Waals surface area contributed by atoms with E-state index in [-0.39, 0.29) is 5.91 Å². The first-order valence-corrected chi connectivity index (χ1v) is 6.44. The van der Waals surface area contributed by atoms with Gasteiger partial charge in [-0.05, 0) is 35.7 Å². The quantitative estimate of drug-likeness (QED) is 0.589. The lowest BCUT2D eigenvalue weighted by Crippen LogP contribution is -2.14. The molecular weight excluding hydrogens is 252 g/mol. The highest BCUT2D eigenvalue weighted by atomic mass is 16.1. The summed E-state index contributed by atoms with van der Waals surface area (Å²) in [7, 11) is 0. The molecule has 0 atom stereocenters. The maximum Gasteiger partial charge on any atom is 0.255 e. The Morgan fingerprint density at radius 2 is 1.90 bits per heavy atom. The fraction of sp³-hybridized carbons (Fsp3) is 0.200. The van der Waals surface area contributed by atoms with Crippen LogP contribution in [0.2, 0.25) is 0 Å². The molecule has 0 saturated heterocycles. The average Bonchev–Trinajstić information content (AvgIpc) is 2.47. The van der Waals surface area contributed by atoms with E-state index in [1.807, 2.05) is 24.3 Å². The Labute approximate surface area is 118 Å². The summed E-state index contributed by atoms with van der Waals surface area (Å²) in [5.74, 6) is 6.00. The normalized spacial score (nSPS) is 10.4. The summed E-state index contributed by atoms with van der Waals surface area (Å²) >= 11 is 0. The number of hydrogen-bond donors (Lipinski definition) is 3. The first-order valence-electron chi connectivity index (χ1n) is 6.44. The molecule has 0 aliphatic rings. The molecule has 0 saturated carbocycles. The Morgan fingerprint density at radius 3 is 2.50 bits per heavy atom. The number of nitrogen functional groups attached to an aromatic ring is 1. The summed E-state index contributed by atoms with van der Waals surface area (Å²) in [6.45, 7) is 4.26. The van der Waals surface area contributed by atoms with Crippen molar-refractivity contribution in [3.63, 3.8) is 0 Å². The topological polar surface area (TPSA) is 80.0 Å². The van der Waals surface area contributed by atoms with Gasteiger partial charge in [0.2, 0.25) is 0 Å². The molecule has 5 heteroatoms. The molecule has 0 spiro atoms. The molecule has 2 rings (SSSR count). The van der Waals surface area contributed by atoms with Gasteiger partial charge in [0.05, 0.1) is 0 Å².